The highest BCUT2D eigenvalue weighted by Gasteiger charge is 2.55. The van der Waals surface area contributed by atoms with Crippen LogP contribution in [0.5, 0.6) is 0 Å². The lowest BCUT2D eigenvalue weighted by Crippen LogP contribution is -2.49. The van der Waals surface area contributed by atoms with Crippen molar-refractivity contribution in [3.63, 3.8) is 0 Å². The molecule has 0 unspecified atom stereocenters. The monoisotopic (exact) mass is 421 g/mol. The zero-order chi connectivity index (χ0) is 21.5. The van der Waals surface area contributed by atoms with Gasteiger partial charge in [0, 0.05) is 42.8 Å². The maximum absolute atomic E-state index is 13.4. The van der Waals surface area contributed by atoms with Crippen LogP contribution in [0.4, 0.5) is 0 Å². The van der Waals surface area contributed by atoms with E-state index in [9.17, 15) is 14.7 Å². The molecule has 0 radical (unpaired) electrons. The third-order valence-corrected chi connectivity index (χ3v) is 7.29. The molecule has 4 atom stereocenters. The number of nitrogens with one attached hydrogen (secondary N) is 1. The molecule has 0 spiro atoms. The van der Waals surface area contributed by atoms with Crippen molar-refractivity contribution in [2.24, 2.45) is 17.8 Å². The number of hydrogen-bond donors (Lipinski definition) is 2. The highest BCUT2D eigenvalue weighted by Crippen LogP contribution is 2.49. The lowest BCUT2D eigenvalue weighted by molar-refractivity contribution is -0.127. The SMILES string of the molecule is CCCN1[C@H](C(=O)NCC2CC2)[C@@H](CO)[C@@H]2Cn3c(ccc(-c4ccccc4)c3=O)[C@@H]21. The number of hydrogen-bond acceptors (Lipinski definition) is 4. The maximum Gasteiger partial charge on any atom is 0.258 e. The predicted octanol–water partition coefficient (Wildman–Crippen LogP) is 2.42. The minimum atomic E-state index is -0.337. The van der Waals surface area contributed by atoms with Gasteiger partial charge in [-0.3, -0.25) is 14.5 Å². The molecule has 31 heavy (non-hydrogen) atoms. The number of carbonyl (C=O) groups excluding carboxylic acids is 1. The first-order valence-corrected chi connectivity index (χ1v) is 11.6. The molecule has 1 aromatic heterocycles. The number of aliphatic hydroxyl groups excluding tert-OH is 1. The maximum atomic E-state index is 13.4. The third kappa shape index (κ3) is 3.52. The van der Waals surface area contributed by atoms with Gasteiger partial charge in [-0.25, -0.2) is 0 Å². The number of likely N-dealkylation sites (tertiary alicyclic amines) is 1. The number of carbonyl (C=O) groups is 1. The van der Waals surface area contributed by atoms with Crippen LogP contribution in [0.1, 0.15) is 37.9 Å². The zero-order valence-corrected chi connectivity index (χ0v) is 18.0. The number of aliphatic hydroxyl groups is 1. The van der Waals surface area contributed by atoms with E-state index < -0.39 is 0 Å². The molecule has 1 aliphatic carbocycles. The molecule has 1 amide bonds. The first kappa shape index (κ1) is 20.5. The Morgan fingerprint density at radius 2 is 1.94 bits per heavy atom. The molecule has 6 heteroatoms. The first-order valence-electron chi connectivity index (χ1n) is 11.6. The van der Waals surface area contributed by atoms with Crippen LogP contribution in [0.2, 0.25) is 0 Å². The summed E-state index contributed by atoms with van der Waals surface area (Å²) in [5.41, 5.74) is 2.60. The van der Waals surface area contributed by atoms with Crippen LogP contribution in [0.25, 0.3) is 11.1 Å². The molecule has 2 N–H and O–H groups in total. The Morgan fingerprint density at radius 3 is 2.61 bits per heavy atom. The van der Waals surface area contributed by atoms with Gasteiger partial charge in [-0.15, -0.1) is 0 Å². The molecular formula is C25H31N3O3. The van der Waals surface area contributed by atoms with Gasteiger partial charge in [0.05, 0.1) is 12.1 Å². The van der Waals surface area contributed by atoms with Crippen molar-refractivity contribution in [1.29, 1.82) is 0 Å². The van der Waals surface area contributed by atoms with Crippen molar-refractivity contribution in [1.82, 2.24) is 14.8 Å². The van der Waals surface area contributed by atoms with Gasteiger partial charge in [-0.1, -0.05) is 37.3 Å². The Labute approximate surface area is 182 Å². The average Bonchev–Trinajstić information content (AvgIpc) is 3.46. The van der Waals surface area contributed by atoms with Gasteiger partial charge in [0.25, 0.3) is 5.56 Å². The second kappa shape index (κ2) is 8.24. The molecule has 1 saturated carbocycles. The number of aromatic nitrogens is 1. The second-order valence-electron chi connectivity index (χ2n) is 9.28. The van der Waals surface area contributed by atoms with Gasteiger partial charge >= 0.3 is 0 Å². The van der Waals surface area contributed by atoms with Crippen molar-refractivity contribution in [3.05, 3.63) is 58.5 Å². The number of benzene rings is 1. The summed E-state index contributed by atoms with van der Waals surface area (Å²) in [6.07, 6.45) is 3.30. The van der Waals surface area contributed by atoms with E-state index in [1.807, 2.05) is 41.0 Å². The summed E-state index contributed by atoms with van der Waals surface area (Å²) in [6.45, 7) is 4.13. The fourth-order valence-corrected chi connectivity index (χ4v) is 5.63. The highest BCUT2D eigenvalue weighted by atomic mass is 16.3. The normalized spacial score (nSPS) is 27.2. The molecule has 5 rings (SSSR count). The smallest absolute Gasteiger partial charge is 0.258 e. The number of fused-ring (bicyclic) bond motifs is 3. The first-order chi connectivity index (χ1) is 15.1. The minimum absolute atomic E-state index is 0.00806. The van der Waals surface area contributed by atoms with Crippen molar-refractivity contribution in [3.8, 4) is 11.1 Å². The molecule has 2 fully saturated rings. The molecule has 3 aliphatic rings. The number of rotatable bonds is 7. The van der Waals surface area contributed by atoms with Crippen LogP contribution in [0.15, 0.2) is 47.3 Å². The fourth-order valence-electron chi connectivity index (χ4n) is 5.63. The zero-order valence-electron chi connectivity index (χ0n) is 18.0. The van der Waals surface area contributed by atoms with Crippen LogP contribution in [0.3, 0.4) is 0 Å². The molecule has 2 aromatic rings. The number of nitrogens with zero attached hydrogens (tertiary/aromatic N) is 2. The van der Waals surface area contributed by atoms with Crippen LogP contribution >= 0.6 is 0 Å². The van der Waals surface area contributed by atoms with E-state index >= 15 is 0 Å². The van der Waals surface area contributed by atoms with E-state index in [1.165, 1.54) is 12.8 Å². The highest BCUT2D eigenvalue weighted by molar-refractivity contribution is 5.83. The summed E-state index contributed by atoms with van der Waals surface area (Å²) >= 11 is 0. The average molecular weight is 422 g/mol. The Hall–Kier alpha value is -2.44. The van der Waals surface area contributed by atoms with Crippen LogP contribution in [0, 0.1) is 17.8 Å². The molecular weight excluding hydrogens is 390 g/mol. The van der Waals surface area contributed by atoms with Crippen LogP contribution < -0.4 is 10.9 Å². The summed E-state index contributed by atoms with van der Waals surface area (Å²) in [6, 6.07) is 13.4. The van der Waals surface area contributed by atoms with E-state index in [4.69, 9.17) is 0 Å². The van der Waals surface area contributed by atoms with E-state index in [0.717, 1.165) is 30.8 Å². The predicted molar refractivity (Wildman–Crippen MR) is 119 cm³/mol. The molecule has 164 valence electrons. The third-order valence-electron chi connectivity index (χ3n) is 7.29. The Kier molecular flexibility index (Phi) is 5.44. The summed E-state index contributed by atoms with van der Waals surface area (Å²) in [5, 5.41) is 13.4. The quantitative estimate of drug-likeness (QED) is 0.720. The van der Waals surface area contributed by atoms with Crippen molar-refractivity contribution in [2.75, 3.05) is 19.7 Å². The summed E-state index contributed by atoms with van der Waals surface area (Å²) in [7, 11) is 0. The van der Waals surface area contributed by atoms with E-state index in [1.54, 1.807) is 0 Å². The Morgan fingerprint density at radius 1 is 1.16 bits per heavy atom. The van der Waals surface area contributed by atoms with Gasteiger partial charge in [0.15, 0.2) is 0 Å². The second-order valence-corrected chi connectivity index (χ2v) is 9.28. The van der Waals surface area contributed by atoms with Gasteiger partial charge in [-0.2, -0.15) is 0 Å². The van der Waals surface area contributed by atoms with Crippen LogP contribution in [-0.2, 0) is 11.3 Å². The van der Waals surface area contributed by atoms with E-state index in [0.29, 0.717) is 18.0 Å². The molecule has 3 heterocycles. The van der Waals surface area contributed by atoms with Gasteiger partial charge in [0.1, 0.15) is 0 Å². The van der Waals surface area contributed by atoms with Crippen molar-refractivity contribution >= 4 is 5.91 Å². The number of pyridine rings is 1. The standard InChI is InChI=1S/C25H31N3O3/c1-2-12-27-22-19(20(15-29)23(27)24(30)26-13-16-8-9-16)14-28-21(22)11-10-18(25(28)31)17-6-4-3-5-7-17/h3-7,10-11,16,19-20,22-23,29H,2,8-9,12-15H2,1H3,(H,26,30)/t19-,20-,22+,23-/m0/s1. The largest absolute Gasteiger partial charge is 0.396 e. The molecule has 1 saturated heterocycles. The van der Waals surface area contributed by atoms with Gasteiger partial charge < -0.3 is 15.0 Å². The van der Waals surface area contributed by atoms with Gasteiger partial charge in [0.2, 0.25) is 5.91 Å². The summed E-state index contributed by atoms with van der Waals surface area (Å²) in [4.78, 5) is 28.7. The van der Waals surface area contributed by atoms with Crippen molar-refractivity contribution in [2.45, 2.75) is 44.8 Å². The Balaban J connectivity index is 1.50. The summed E-state index contributed by atoms with van der Waals surface area (Å²) in [5.74, 6) is 0.540. The topological polar surface area (TPSA) is 74.6 Å². The van der Waals surface area contributed by atoms with E-state index in [-0.39, 0.29) is 42.0 Å². The Bertz CT molecular complexity index is 1010. The van der Waals surface area contributed by atoms with Gasteiger partial charge in [-0.05, 0) is 49.4 Å². The summed E-state index contributed by atoms with van der Waals surface area (Å²) < 4.78 is 1.88. The molecule has 0 bridgehead atoms. The van der Waals surface area contributed by atoms with E-state index in [2.05, 4.69) is 23.2 Å². The fraction of sp³-hybridized carbons (Fsp3) is 0.520. The molecule has 2 aliphatic heterocycles. The van der Waals surface area contributed by atoms with Crippen LogP contribution in [-0.4, -0.2) is 46.2 Å². The molecule has 6 nitrogen and oxygen atoms in total. The number of amides is 1. The lowest BCUT2D eigenvalue weighted by atomic mass is 9.88. The molecule has 1 aromatic carbocycles. The van der Waals surface area contributed by atoms with Crippen molar-refractivity contribution < 1.29 is 9.90 Å². The minimum Gasteiger partial charge on any atom is -0.396 e. The lowest BCUT2D eigenvalue weighted by Gasteiger charge is -2.30.